The molecule has 1 saturated heterocycles. The van der Waals surface area contributed by atoms with E-state index in [2.05, 4.69) is 18.7 Å². The van der Waals surface area contributed by atoms with Crippen molar-refractivity contribution in [2.45, 2.75) is 44.6 Å². The minimum atomic E-state index is -0.0255. The lowest BCUT2D eigenvalue weighted by molar-refractivity contribution is 0.0567. The van der Waals surface area contributed by atoms with Crippen LogP contribution in [-0.2, 0) is 11.8 Å². The van der Waals surface area contributed by atoms with E-state index in [4.69, 9.17) is 0 Å². The van der Waals surface area contributed by atoms with Gasteiger partial charge in [0.15, 0.2) is 0 Å². The van der Waals surface area contributed by atoms with E-state index in [-0.39, 0.29) is 17.5 Å². The van der Waals surface area contributed by atoms with Gasteiger partial charge in [-0.25, -0.2) is 4.79 Å². The average Bonchev–Trinajstić information content (AvgIpc) is 2.47. The summed E-state index contributed by atoms with van der Waals surface area (Å²) in [6.45, 7) is 5.36. The fourth-order valence-electron chi connectivity index (χ4n) is 4.41. The minimum absolute atomic E-state index is 0.0255. The fourth-order valence-corrected chi connectivity index (χ4v) is 4.41. The summed E-state index contributed by atoms with van der Waals surface area (Å²) in [6.07, 6.45) is 3.09. The Balaban J connectivity index is 2.02. The van der Waals surface area contributed by atoms with Crippen LogP contribution in [0, 0.1) is 5.92 Å². The van der Waals surface area contributed by atoms with Gasteiger partial charge in [-0.05, 0) is 53.9 Å². The Morgan fingerprint density at radius 2 is 2.09 bits per heavy atom. The van der Waals surface area contributed by atoms with Crippen molar-refractivity contribution in [3.05, 3.63) is 29.3 Å². The number of piperidine rings is 1. The summed E-state index contributed by atoms with van der Waals surface area (Å²) >= 11 is 0. The highest BCUT2D eigenvalue weighted by atomic mass is 16.3. The third-order valence-electron chi connectivity index (χ3n) is 5.55. The lowest BCUT2D eigenvalue weighted by atomic mass is 9.60. The lowest BCUT2D eigenvalue weighted by Crippen LogP contribution is -2.58. The highest BCUT2D eigenvalue weighted by Crippen LogP contribution is 2.47. The normalized spacial score (nSPS) is 26.1. The van der Waals surface area contributed by atoms with Gasteiger partial charge >= 0.3 is 6.03 Å². The van der Waals surface area contributed by atoms with Crippen molar-refractivity contribution in [1.82, 2.24) is 9.80 Å². The molecule has 4 heteroatoms. The zero-order valence-corrected chi connectivity index (χ0v) is 14.0. The second-order valence-corrected chi connectivity index (χ2v) is 7.45. The first kappa shape index (κ1) is 15.2. The van der Waals surface area contributed by atoms with Gasteiger partial charge in [0.25, 0.3) is 0 Å². The van der Waals surface area contributed by atoms with E-state index in [9.17, 15) is 9.90 Å². The summed E-state index contributed by atoms with van der Waals surface area (Å²) in [5, 5.41) is 9.86. The molecule has 1 aromatic rings. The molecule has 1 fully saturated rings. The average molecular weight is 302 g/mol. The maximum atomic E-state index is 12.5. The molecule has 0 aromatic heterocycles. The number of urea groups is 1. The van der Waals surface area contributed by atoms with Crippen molar-refractivity contribution < 1.29 is 9.90 Å². The van der Waals surface area contributed by atoms with Crippen molar-refractivity contribution in [2.24, 2.45) is 5.92 Å². The minimum Gasteiger partial charge on any atom is -0.508 e. The topological polar surface area (TPSA) is 43.8 Å². The smallest absolute Gasteiger partial charge is 0.319 e. The molecule has 1 aromatic carbocycles. The Bertz CT molecular complexity index is 595. The van der Waals surface area contributed by atoms with Crippen LogP contribution in [0.5, 0.6) is 5.75 Å². The molecule has 3 rings (SSSR count). The summed E-state index contributed by atoms with van der Waals surface area (Å²) in [5.41, 5.74) is 2.48. The molecule has 22 heavy (non-hydrogen) atoms. The third-order valence-corrected chi connectivity index (χ3v) is 5.55. The van der Waals surface area contributed by atoms with Crippen LogP contribution < -0.4 is 0 Å². The molecule has 4 nitrogen and oxygen atoms in total. The molecule has 1 aliphatic carbocycles. The number of rotatable bonds is 0. The molecule has 1 aliphatic heterocycles. The van der Waals surface area contributed by atoms with Crippen LogP contribution in [0.15, 0.2) is 18.2 Å². The van der Waals surface area contributed by atoms with Crippen LogP contribution in [0.25, 0.3) is 0 Å². The van der Waals surface area contributed by atoms with E-state index in [0.717, 1.165) is 25.8 Å². The Hall–Kier alpha value is -1.71. The molecule has 0 saturated carbocycles. The number of likely N-dealkylation sites (tertiary alicyclic amines) is 1. The van der Waals surface area contributed by atoms with E-state index < -0.39 is 0 Å². The van der Waals surface area contributed by atoms with Gasteiger partial charge in [0.2, 0.25) is 0 Å². The van der Waals surface area contributed by atoms with Gasteiger partial charge in [-0.15, -0.1) is 0 Å². The zero-order chi connectivity index (χ0) is 16.1. The molecule has 2 atom stereocenters. The molecule has 0 bridgehead atoms. The molecule has 120 valence electrons. The number of phenolic OH excluding ortho intramolecular Hbond substituents is 1. The van der Waals surface area contributed by atoms with Gasteiger partial charge in [-0.1, -0.05) is 19.9 Å². The first-order valence-electron chi connectivity index (χ1n) is 8.12. The van der Waals surface area contributed by atoms with E-state index in [1.54, 1.807) is 11.0 Å². The number of benzene rings is 1. The Morgan fingerprint density at radius 3 is 2.77 bits per heavy atom. The summed E-state index contributed by atoms with van der Waals surface area (Å²) in [5.74, 6) is 0.779. The van der Waals surface area contributed by atoms with Crippen molar-refractivity contribution in [1.29, 1.82) is 0 Å². The Kier molecular flexibility index (Phi) is 3.58. The summed E-state index contributed by atoms with van der Waals surface area (Å²) in [4.78, 5) is 16.3. The lowest BCUT2D eigenvalue weighted by Gasteiger charge is -2.52. The molecule has 0 spiro atoms. The first-order chi connectivity index (χ1) is 10.3. The standard InChI is InChI=1S/C18H26N2O2/c1-18(2)14-6-5-9-20(17(22)19(3)4)16(14)10-12-7-8-13(21)11-15(12)18/h7-8,11,14,16,21H,5-6,9-10H2,1-4H3/t14-,16-/m1/s1. The summed E-state index contributed by atoms with van der Waals surface area (Å²) < 4.78 is 0. The number of fused-ring (bicyclic) bond motifs is 2. The van der Waals surface area contributed by atoms with Crippen LogP contribution in [0.2, 0.25) is 0 Å². The number of aromatic hydroxyl groups is 1. The second kappa shape index (κ2) is 5.18. The number of amides is 2. The van der Waals surface area contributed by atoms with Crippen LogP contribution in [-0.4, -0.2) is 47.6 Å². The van der Waals surface area contributed by atoms with Crippen molar-refractivity contribution in [3.8, 4) is 5.75 Å². The molecule has 2 aliphatic rings. The molecule has 1 N–H and O–H groups in total. The van der Waals surface area contributed by atoms with E-state index in [1.807, 2.05) is 26.2 Å². The molecule has 0 unspecified atom stereocenters. The SMILES string of the molecule is CN(C)C(=O)N1CCC[C@@H]2[C@H]1Cc1ccc(O)cc1C2(C)C. The predicted octanol–water partition coefficient (Wildman–Crippen LogP) is 2.99. The maximum absolute atomic E-state index is 12.5. The molecule has 0 radical (unpaired) electrons. The highest BCUT2D eigenvalue weighted by Gasteiger charge is 2.47. The van der Waals surface area contributed by atoms with E-state index in [1.165, 1.54) is 11.1 Å². The van der Waals surface area contributed by atoms with Gasteiger partial charge < -0.3 is 14.9 Å². The Labute approximate surface area is 132 Å². The van der Waals surface area contributed by atoms with Crippen LogP contribution in [0.3, 0.4) is 0 Å². The van der Waals surface area contributed by atoms with Gasteiger partial charge in [0, 0.05) is 26.7 Å². The summed E-state index contributed by atoms with van der Waals surface area (Å²) in [7, 11) is 3.65. The predicted molar refractivity (Wildman–Crippen MR) is 87.1 cm³/mol. The largest absolute Gasteiger partial charge is 0.508 e. The molecular formula is C18H26N2O2. The summed E-state index contributed by atoms with van der Waals surface area (Å²) in [6, 6.07) is 6.08. The maximum Gasteiger partial charge on any atom is 0.319 e. The second-order valence-electron chi connectivity index (χ2n) is 7.45. The number of phenols is 1. The number of carbonyl (C=O) groups excluding carboxylic acids is 1. The van der Waals surface area contributed by atoms with Gasteiger partial charge in [-0.3, -0.25) is 0 Å². The fraction of sp³-hybridized carbons (Fsp3) is 0.611. The quantitative estimate of drug-likeness (QED) is 0.800. The van der Waals surface area contributed by atoms with Crippen LogP contribution in [0.1, 0.15) is 37.8 Å². The van der Waals surface area contributed by atoms with Crippen LogP contribution in [0.4, 0.5) is 4.79 Å². The van der Waals surface area contributed by atoms with Crippen LogP contribution >= 0.6 is 0 Å². The van der Waals surface area contributed by atoms with Gasteiger partial charge in [0.1, 0.15) is 5.75 Å². The monoisotopic (exact) mass is 302 g/mol. The number of hydrogen-bond acceptors (Lipinski definition) is 2. The van der Waals surface area contributed by atoms with Crippen molar-refractivity contribution >= 4 is 6.03 Å². The molecule has 2 amide bonds. The molecule has 1 heterocycles. The van der Waals surface area contributed by atoms with Gasteiger partial charge in [-0.2, -0.15) is 0 Å². The third kappa shape index (κ3) is 2.25. The highest BCUT2D eigenvalue weighted by molar-refractivity contribution is 5.74. The molecular weight excluding hydrogens is 276 g/mol. The van der Waals surface area contributed by atoms with E-state index in [0.29, 0.717) is 11.7 Å². The Morgan fingerprint density at radius 1 is 1.36 bits per heavy atom. The van der Waals surface area contributed by atoms with Crippen molar-refractivity contribution in [2.75, 3.05) is 20.6 Å². The van der Waals surface area contributed by atoms with Crippen molar-refractivity contribution in [3.63, 3.8) is 0 Å². The van der Waals surface area contributed by atoms with Gasteiger partial charge in [0.05, 0.1) is 0 Å². The zero-order valence-electron chi connectivity index (χ0n) is 14.0. The number of hydrogen-bond donors (Lipinski definition) is 1. The number of nitrogens with zero attached hydrogens (tertiary/aromatic N) is 2. The van der Waals surface area contributed by atoms with E-state index >= 15 is 0 Å². The number of carbonyl (C=O) groups is 1. The first-order valence-corrected chi connectivity index (χ1v) is 8.12.